The summed E-state index contributed by atoms with van der Waals surface area (Å²) in [6, 6.07) is 6.77. The van der Waals surface area contributed by atoms with Gasteiger partial charge in [-0.1, -0.05) is 35.0 Å². The number of hydrogen-bond acceptors (Lipinski definition) is 4. The summed E-state index contributed by atoms with van der Waals surface area (Å²) in [5.41, 5.74) is 0.499. The maximum atomic E-state index is 11.1. The summed E-state index contributed by atoms with van der Waals surface area (Å²) in [6.45, 7) is 0. The largest absolute Gasteiger partial charge is 0.477 e. The molecule has 1 aromatic heterocycles. The van der Waals surface area contributed by atoms with E-state index in [2.05, 4.69) is 5.16 Å². The summed E-state index contributed by atoms with van der Waals surface area (Å²) >= 11 is 5.97. The van der Waals surface area contributed by atoms with Crippen LogP contribution < -0.4 is 4.74 Å². The molecule has 0 aliphatic heterocycles. The Hall–Kier alpha value is -2.01. The van der Waals surface area contributed by atoms with E-state index in [0.29, 0.717) is 10.6 Å². The fraction of sp³-hybridized carbons (Fsp3) is 0.0909. The van der Waals surface area contributed by atoms with Crippen molar-refractivity contribution in [2.45, 2.75) is 0 Å². The molecule has 2 aromatic rings. The summed E-state index contributed by atoms with van der Waals surface area (Å²) in [6.07, 6.45) is 0. The normalized spacial score (nSPS) is 10.2. The Labute approximate surface area is 102 Å². The molecule has 0 saturated heterocycles. The van der Waals surface area contributed by atoms with E-state index < -0.39 is 5.97 Å². The third-order valence-electron chi connectivity index (χ3n) is 2.19. The van der Waals surface area contributed by atoms with Crippen molar-refractivity contribution in [1.82, 2.24) is 5.16 Å². The molecule has 6 heteroatoms. The molecule has 5 nitrogen and oxygen atoms in total. The molecule has 0 amide bonds. The van der Waals surface area contributed by atoms with E-state index in [4.69, 9.17) is 26.0 Å². The molecule has 1 heterocycles. The number of aromatic carboxylic acids is 1. The summed E-state index contributed by atoms with van der Waals surface area (Å²) in [5, 5.41) is 13.2. The molecular weight excluding hydrogens is 246 g/mol. The van der Waals surface area contributed by atoms with Gasteiger partial charge >= 0.3 is 11.9 Å². The minimum absolute atomic E-state index is 0.138. The van der Waals surface area contributed by atoms with Gasteiger partial charge in [0.15, 0.2) is 5.56 Å². The highest BCUT2D eigenvalue weighted by atomic mass is 35.5. The molecule has 0 spiro atoms. The van der Waals surface area contributed by atoms with E-state index in [9.17, 15) is 4.79 Å². The highest BCUT2D eigenvalue weighted by Crippen LogP contribution is 2.34. The lowest BCUT2D eigenvalue weighted by Crippen LogP contribution is -2.00. The molecule has 0 aliphatic carbocycles. The smallest absolute Gasteiger partial charge is 0.345 e. The second-order valence-electron chi connectivity index (χ2n) is 3.18. The molecule has 0 atom stereocenters. The van der Waals surface area contributed by atoms with Crippen LogP contribution in [0.2, 0.25) is 5.02 Å². The third-order valence-corrected chi connectivity index (χ3v) is 2.52. The van der Waals surface area contributed by atoms with Gasteiger partial charge < -0.3 is 14.4 Å². The Morgan fingerprint density at radius 1 is 1.47 bits per heavy atom. The predicted molar refractivity (Wildman–Crippen MR) is 60.5 cm³/mol. The average molecular weight is 254 g/mol. The topological polar surface area (TPSA) is 72.6 Å². The van der Waals surface area contributed by atoms with Crippen molar-refractivity contribution in [3.63, 3.8) is 0 Å². The van der Waals surface area contributed by atoms with Crippen LogP contribution in [0.1, 0.15) is 10.4 Å². The lowest BCUT2D eigenvalue weighted by atomic mass is 10.1. The Balaban J connectivity index is 2.64. The molecule has 0 radical (unpaired) electrons. The van der Waals surface area contributed by atoms with Crippen LogP contribution in [0.4, 0.5) is 0 Å². The number of carbonyl (C=O) groups is 1. The zero-order chi connectivity index (χ0) is 12.4. The molecule has 0 saturated carbocycles. The highest BCUT2D eigenvalue weighted by Gasteiger charge is 2.25. The summed E-state index contributed by atoms with van der Waals surface area (Å²) < 4.78 is 9.60. The van der Waals surface area contributed by atoms with Gasteiger partial charge in [-0.15, -0.1) is 0 Å². The van der Waals surface area contributed by atoms with Gasteiger partial charge in [0.25, 0.3) is 0 Å². The van der Waals surface area contributed by atoms with Crippen LogP contribution in [0, 0.1) is 0 Å². The van der Waals surface area contributed by atoms with Crippen molar-refractivity contribution in [3.8, 4) is 17.2 Å². The van der Waals surface area contributed by atoms with Crippen LogP contribution in [-0.4, -0.2) is 23.3 Å². The Bertz CT molecular complexity index is 564. The number of carboxylic acids is 1. The first-order valence-corrected chi connectivity index (χ1v) is 5.04. The van der Waals surface area contributed by atoms with E-state index in [1.807, 2.05) is 0 Å². The molecule has 1 N–H and O–H groups in total. The number of aromatic nitrogens is 1. The SMILES string of the molecule is COc1onc(-c2ccccc2Cl)c1C(=O)O. The lowest BCUT2D eigenvalue weighted by Gasteiger charge is -2.00. The number of benzene rings is 1. The van der Waals surface area contributed by atoms with Crippen molar-refractivity contribution in [1.29, 1.82) is 0 Å². The standard InChI is InChI=1S/C11H8ClNO4/c1-16-11-8(10(14)15)9(13-17-11)6-4-2-3-5-7(6)12/h2-5H,1H3,(H,14,15). The van der Waals surface area contributed by atoms with E-state index in [0.717, 1.165) is 0 Å². The van der Waals surface area contributed by atoms with Crippen LogP contribution in [0.25, 0.3) is 11.3 Å². The number of carboxylic acid groups (broad SMARTS) is 1. The lowest BCUT2D eigenvalue weighted by molar-refractivity contribution is 0.0691. The first kappa shape index (κ1) is 11.5. The number of nitrogens with zero attached hydrogens (tertiary/aromatic N) is 1. The monoisotopic (exact) mass is 253 g/mol. The van der Waals surface area contributed by atoms with Gasteiger partial charge in [0.05, 0.1) is 12.1 Å². The molecule has 0 unspecified atom stereocenters. The van der Waals surface area contributed by atoms with Crippen LogP contribution >= 0.6 is 11.6 Å². The first-order chi connectivity index (χ1) is 8.15. The van der Waals surface area contributed by atoms with Gasteiger partial charge in [-0.05, 0) is 6.07 Å². The zero-order valence-electron chi connectivity index (χ0n) is 8.81. The number of halogens is 1. The van der Waals surface area contributed by atoms with E-state index in [1.165, 1.54) is 7.11 Å². The van der Waals surface area contributed by atoms with Gasteiger partial charge in [0, 0.05) is 5.56 Å². The predicted octanol–water partition coefficient (Wildman–Crippen LogP) is 2.70. The Kier molecular flexibility index (Phi) is 3.01. The molecular formula is C11H8ClNO4. The number of rotatable bonds is 3. The number of methoxy groups -OCH3 is 1. The first-order valence-electron chi connectivity index (χ1n) is 4.67. The van der Waals surface area contributed by atoms with Crippen LogP contribution in [0.15, 0.2) is 28.8 Å². The van der Waals surface area contributed by atoms with Crippen molar-refractivity contribution in [3.05, 3.63) is 34.9 Å². The Morgan fingerprint density at radius 2 is 2.18 bits per heavy atom. The van der Waals surface area contributed by atoms with Crippen molar-refractivity contribution in [2.75, 3.05) is 7.11 Å². The van der Waals surface area contributed by atoms with Crippen molar-refractivity contribution >= 4 is 17.6 Å². The van der Waals surface area contributed by atoms with Gasteiger partial charge in [-0.25, -0.2) is 4.79 Å². The van der Waals surface area contributed by atoms with Crippen molar-refractivity contribution < 1.29 is 19.2 Å². The fourth-order valence-electron chi connectivity index (χ4n) is 1.44. The molecule has 1 aromatic carbocycles. The highest BCUT2D eigenvalue weighted by molar-refractivity contribution is 6.33. The second-order valence-corrected chi connectivity index (χ2v) is 3.59. The maximum absolute atomic E-state index is 11.1. The van der Waals surface area contributed by atoms with Gasteiger partial charge in [-0.2, -0.15) is 0 Å². The fourth-order valence-corrected chi connectivity index (χ4v) is 1.67. The van der Waals surface area contributed by atoms with Crippen LogP contribution in [0.5, 0.6) is 5.95 Å². The minimum atomic E-state index is -1.18. The molecule has 2 rings (SSSR count). The molecule has 0 fully saturated rings. The summed E-state index contributed by atoms with van der Waals surface area (Å²) in [7, 11) is 1.31. The summed E-state index contributed by atoms with van der Waals surface area (Å²) in [4.78, 5) is 11.1. The minimum Gasteiger partial charge on any atom is -0.477 e. The molecule has 88 valence electrons. The molecule has 17 heavy (non-hydrogen) atoms. The van der Waals surface area contributed by atoms with Gasteiger partial charge in [-0.3, -0.25) is 0 Å². The maximum Gasteiger partial charge on any atom is 0.345 e. The second kappa shape index (κ2) is 4.47. The number of ether oxygens (including phenoxy) is 1. The Morgan fingerprint density at radius 3 is 2.76 bits per heavy atom. The number of hydrogen-bond donors (Lipinski definition) is 1. The van der Waals surface area contributed by atoms with Gasteiger partial charge in [0.2, 0.25) is 0 Å². The quantitative estimate of drug-likeness (QED) is 0.910. The summed E-state index contributed by atoms with van der Waals surface area (Å²) in [5.74, 6) is -1.33. The van der Waals surface area contributed by atoms with Crippen LogP contribution in [-0.2, 0) is 0 Å². The van der Waals surface area contributed by atoms with E-state index >= 15 is 0 Å². The van der Waals surface area contributed by atoms with Crippen molar-refractivity contribution in [2.24, 2.45) is 0 Å². The zero-order valence-corrected chi connectivity index (χ0v) is 9.56. The van der Waals surface area contributed by atoms with E-state index in [1.54, 1.807) is 24.3 Å². The molecule has 0 bridgehead atoms. The average Bonchev–Trinajstić information content (AvgIpc) is 2.73. The van der Waals surface area contributed by atoms with Gasteiger partial charge in [0.1, 0.15) is 5.69 Å². The van der Waals surface area contributed by atoms with Crippen LogP contribution in [0.3, 0.4) is 0 Å². The van der Waals surface area contributed by atoms with E-state index in [-0.39, 0.29) is 17.2 Å². The third kappa shape index (κ3) is 1.97. The molecule has 0 aliphatic rings.